The maximum Gasteiger partial charge on any atom is 0.269 e. The number of halogens is 2. The number of allylic oxidation sites excluding steroid dienone is 4. The van der Waals surface area contributed by atoms with Gasteiger partial charge in [-0.3, -0.25) is 23.9 Å². The van der Waals surface area contributed by atoms with E-state index in [9.17, 15) is 28.0 Å². The van der Waals surface area contributed by atoms with Crippen LogP contribution in [0.3, 0.4) is 0 Å². The van der Waals surface area contributed by atoms with Gasteiger partial charge in [0.1, 0.15) is 30.6 Å². The van der Waals surface area contributed by atoms with Gasteiger partial charge in [-0.15, -0.1) is 0 Å². The van der Waals surface area contributed by atoms with E-state index in [1.165, 1.54) is 15.6 Å². The zero-order valence-electron chi connectivity index (χ0n) is 25.4. The predicted molar refractivity (Wildman–Crippen MR) is 166 cm³/mol. The first-order valence-electron chi connectivity index (χ1n) is 14.9. The number of fused-ring (bicyclic) bond motifs is 1. The highest BCUT2D eigenvalue weighted by molar-refractivity contribution is 6.05. The molecular formula is C33H36F2N6O4. The summed E-state index contributed by atoms with van der Waals surface area (Å²) in [6, 6.07) is 7.70. The van der Waals surface area contributed by atoms with Crippen LogP contribution < -0.4 is 16.0 Å². The van der Waals surface area contributed by atoms with Crippen molar-refractivity contribution in [3.05, 3.63) is 77.3 Å². The molecule has 236 valence electrons. The number of rotatable bonds is 8. The minimum Gasteiger partial charge on any atom is -0.364 e. The van der Waals surface area contributed by atoms with E-state index in [1.807, 2.05) is 38.1 Å². The van der Waals surface area contributed by atoms with Crippen molar-refractivity contribution in [2.24, 2.45) is 5.73 Å². The molecule has 0 spiro atoms. The fraction of sp³-hybridized carbons (Fsp3) is 0.364. The third-order valence-electron chi connectivity index (χ3n) is 8.28. The third-order valence-corrected chi connectivity index (χ3v) is 8.28. The second kappa shape index (κ2) is 13.0. The van der Waals surface area contributed by atoms with E-state index in [0.29, 0.717) is 30.3 Å². The Bertz CT molecular complexity index is 1730. The molecule has 10 nitrogen and oxygen atoms in total. The zero-order chi connectivity index (χ0) is 32.4. The molecule has 2 saturated heterocycles. The van der Waals surface area contributed by atoms with E-state index < -0.39 is 47.7 Å². The summed E-state index contributed by atoms with van der Waals surface area (Å²) in [5.41, 5.74) is 8.74. The number of nitrogens with two attached hydrogens (primary N) is 1. The molecule has 0 bridgehead atoms. The molecule has 45 heavy (non-hydrogen) atoms. The topological polar surface area (TPSA) is 131 Å². The number of aromatic nitrogens is 2. The van der Waals surface area contributed by atoms with Gasteiger partial charge < -0.3 is 20.9 Å². The van der Waals surface area contributed by atoms with Crippen LogP contribution in [0.25, 0.3) is 16.5 Å². The van der Waals surface area contributed by atoms with Crippen molar-refractivity contribution in [2.45, 2.75) is 64.8 Å². The maximum atomic E-state index is 14.7. The van der Waals surface area contributed by atoms with Crippen LogP contribution in [0.4, 0.5) is 14.5 Å². The van der Waals surface area contributed by atoms with Gasteiger partial charge in [0.05, 0.1) is 17.7 Å². The number of carbonyl (C=O) groups is 4. The number of likely N-dealkylation sites (tertiary alicyclic amines) is 1. The number of anilines is 1. The second-order valence-corrected chi connectivity index (χ2v) is 11.4. The van der Waals surface area contributed by atoms with E-state index in [2.05, 4.69) is 10.4 Å². The second-order valence-electron chi connectivity index (χ2n) is 11.4. The van der Waals surface area contributed by atoms with Gasteiger partial charge in [-0.1, -0.05) is 30.4 Å². The Labute approximate surface area is 259 Å². The molecule has 0 radical (unpaired) electrons. The summed E-state index contributed by atoms with van der Waals surface area (Å²) >= 11 is 0. The minimum atomic E-state index is -1.45. The largest absolute Gasteiger partial charge is 0.364 e. The first-order valence-corrected chi connectivity index (χ1v) is 14.9. The summed E-state index contributed by atoms with van der Waals surface area (Å²) in [6.07, 6.45) is 4.89. The number of nitrogens with one attached hydrogen (secondary N) is 1. The Morgan fingerprint density at radius 3 is 2.64 bits per heavy atom. The molecule has 1 unspecified atom stereocenters. The van der Waals surface area contributed by atoms with Crippen LogP contribution in [0.2, 0.25) is 0 Å². The molecule has 3 atom stereocenters. The van der Waals surface area contributed by atoms with Gasteiger partial charge in [-0.2, -0.15) is 5.10 Å². The van der Waals surface area contributed by atoms with Crippen LogP contribution in [-0.4, -0.2) is 69.7 Å². The van der Waals surface area contributed by atoms with Crippen LogP contribution >= 0.6 is 0 Å². The van der Waals surface area contributed by atoms with Gasteiger partial charge in [0.15, 0.2) is 5.69 Å². The van der Waals surface area contributed by atoms with Crippen molar-refractivity contribution in [3.63, 3.8) is 0 Å². The highest BCUT2D eigenvalue weighted by atomic mass is 19.1. The lowest BCUT2D eigenvalue weighted by Gasteiger charge is -2.34. The number of hydrogen-bond acceptors (Lipinski definition) is 5. The number of aryl methyl sites for hydroxylation is 1. The van der Waals surface area contributed by atoms with Gasteiger partial charge in [0.2, 0.25) is 17.7 Å². The summed E-state index contributed by atoms with van der Waals surface area (Å²) in [7, 11) is 0. The van der Waals surface area contributed by atoms with E-state index in [0.717, 1.165) is 21.6 Å². The Morgan fingerprint density at radius 1 is 1.16 bits per heavy atom. The first kappa shape index (κ1) is 31.6. The number of carbonyl (C=O) groups excluding carboxylic acids is 4. The molecule has 2 aromatic carbocycles. The number of piperidine rings is 1. The van der Waals surface area contributed by atoms with E-state index >= 15 is 0 Å². The van der Waals surface area contributed by atoms with Crippen LogP contribution in [-0.2, 0) is 20.9 Å². The van der Waals surface area contributed by atoms with Crippen molar-refractivity contribution in [1.29, 1.82) is 0 Å². The van der Waals surface area contributed by atoms with Gasteiger partial charge in [-0.25, -0.2) is 8.78 Å². The molecule has 3 N–H and O–H groups in total. The van der Waals surface area contributed by atoms with E-state index in [1.54, 1.807) is 31.2 Å². The Balaban J connectivity index is 1.34. The molecule has 0 aliphatic carbocycles. The van der Waals surface area contributed by atoms with Gasteiger partial charge in [-0.05, 0) is 74.6 Å². The smallest absolute Gasteiger partial charge is 0.269 e. The average Bonchev–Trinajstić information content (AvgIpc) is 3.58. The SMILES string of the molecule is C/C=C\C(=C/C)c1ccc2c(c1)c(C(N)=O)nn2CC(=O)N1C[C@H](F)C[C@H]1C(=O)NC1CCCN(c2cc(C)ccc2F)C1=O. The molecule has 4 amide bonds. The lowest BCUT2D eigenvalue weighted by Crippen LogP contribution is -2.56. The zero-order valence-corrected chi connectivity index (χ0v) is 25.4. The van der Waals surface area contributed by atoms with Gasteiger partial charge >= 0.3 is 0 Å². The van der Waals surface area contributed by atoms with Crippen LogP contribution in [0.15, 0.2) is 54.6 Å². The number of nitrogens with zero attached hydrogens (tertiary/aromatic N) is 4. The van der Waals surface area contributed by atoms with Crippen molar-refractivity contribution >= 4 is 45.8 Å². The Hall–Kier alpha value is -4.87. The first-order chi connectivity index (χ1) is 21.5. The molecule has 2 fully saturated rings. The van der Waals surface area contributed by atoms with Crippen molar-refractivity contribution in [1.82, 2.24) is 20.0 Å². The molecule has 12 heteroatoms. The molecule has 3 aromatic rings. The van der Waals surface area contributed by atoms with Crippen molar-refractivity contribution in [3.8, 4) is 0 Å². The third kappa shape index (κ3) is 6.36. The highest BCUT2D eigenvalue weighted by Gasteiger charge is 2.42. The van der Waals surface area contributed by atoms with Gasteiger partial charge in [0.25, 0.3) is 5.91 Å². The fourth-order valence-corrected chi connectivity index (χ4v) is 6.07. The number of hydrogen-bond donors (Lipinski definition) is 2. The lowest BCUT2D eigenvalue weighted by atomic mass is 10.0. The summed E-state index contributed by atoms with van der Waals surface area (Å²) in [4.78, 5) is 55.0. The molecular weight excluding hydrogens is 582 g/mol. The number of benzene rings is 2. The van der Waals surface area contributed by atoms with Crippen LogP contribution in [0, 0.1) is 12.7 Å². The summed E-state index contributed by atoms with van der Waals surface area (Å²) < 4.78 is 30.6. The monoisotopic (exact) mass is 618 g/mol. The molecule has 2 aliphatic rings. The fourth-order valence-electron chi connectivity index (χ4n) is 6.07. The normalized spacial score (nSPS) is 20.8. The number of primary amides is 1. The average molecular weight is 619 g/mol. The van der Waals surface area contributed by atoms with Crippen LogP contribution in [0.5, 0.6) is 0 Å². The molecule has 1 aromatic heterocycles. The van der Waals surface area contributed by atoms with Crippen LogP contribution in [0.1, 0.15) is 54.7 Å². The summed E-state index contributed by atoms with van der Waals surface area (Å²) in [5.74, 6) is -3.03. The maximum absolute atomic E-state index is 14.7. The summed E-state index contributed by atoms with van der Waals surface area (Å²) in [5, 5.41) is 7.44. The molecule has 2 aliphatic heterocycles. The quantitative estimate of drug-likeness (QED) is 0.371. The Morgan fingerprint density at radius 2 is 1.93 bits per heavy atom. The van der Waals surface area contributed by atoms with Crippen molar-refractivity contribution in [2.75, 3.05) is 18.0 Å². The molecule has 0 saturated carbocycles. The van der Waals surface area contributed by atoms with E-state index in [4.69, 9.17) is 5.73 Å². The summed E-state index contributed by atoms with van der Waals surface area (Å²) in [6.45, 7) is 5.19. The van der Waals surface area contributed by atoms with E-state index in [-0.39, 0.29) is 30.9 Å². The Kier molecular flexibility index (Phi) is 9.12. The highest BCUT2D eigenvalue weighted by Crippen LogP contribution is 2.28. The number of alkyl halides is 1. The predicted octanol–water partition coefficient (Wildman–Crippen LogP) is 3.81. The minimum absolute atomic E-state index is 0.0138. The lowest BCUT2D eigenvalue weighted by molar-refractivity contribution is -0.140. The number of amides is 4. The molecule has 3 heterocycles. The molecule has 5 rings (SSSR count). The van der Waals surface area contributed by atoms with Gasteiger partial charge in [0, 0.05) is 18.4 Å². The van der Waals surface area contributed by atoms with Crippen molar-refractivity contribution < 1.29 is 28.0 Å². The standard InChI is InChI=1S/C33H36F2N6O4/c1-4-7-20(5-2)21-10-12-26-23(15-21)30(31(36)43)38-41(26)18-29(42)40-17-22(34)16-28(40)32(44)37-25-8-6-13-39(33(25)45)27-14-19(3)9-11-24(27)35/h4-5,7,9-12,14-15,22,25,28H,6,8,13,16-18H2,1-3H3,(H2,36,43)(H,37,44)/b7-4-,20-5+/t22-,25?,28+/m1/s1.